The molecule has 78 valence electrons. The van der Waals surface area contributed by atoms with Crippen molar-refractivity contribution in [2.24, 2.45) is 17.2 Å². The Bertz CT molecular complexity index is 180. The van der Waals surface area contributed by atoms with E-state index < -0.39 is 17.9 Å². The average molecular weight is 210 g/mol. The summed E-state index contributed by atoms with van der Waals surface area (Å²) in [5.41, 5.74) is 14.7. The van der Waals surface area contributed by atoms with Crippen molar-refractivity contribution in [1.82, 2.24) is 0 Å². The van der Waals surface area contributed by atoms with Crippen LogP contribution in [0.2, 0.25) is 0 Å². The number of hydrogen-bond acceptors (Lipinski definition) is 3. The fraction of sp³-hybridized carbons (Fsp3) is 0.429. The molecular formula is C7H16ClN3O2. The lowest BCUT2D eigenvalue weighted by Crippen LogP contribution is -2.32. The van der Waals surface area contributed by atoms with Crippen LogP contribution in [0, 0.1) is 0 Å². The van der Waals surface area contributed by atoms with Crippen molar-refractivity contribution in [3.8, 4) is 0 Å². The van der Waals surface area contributed by atoms with Gasteiger partial charge in [0.2, 0.25) is 11.8 Å². The first-order valence-corrected chi connectivity index (χ1v) is 3.29. The highest BCUT2D eigenvalue weighted by atomic mass is 35.5. The minimum absolute atomic E-state index is 0. The summed E-state index contributed by atoms with van der Waals surface area (Å²) in [5.74, 6) is -0.898. The summed E-state index contributed by atoms with van der Waals surface area (Å²) >= 11 is 0. The van der Waals surface area contributed by atoms with E-state index in [-0.39, 0.29) is 12.4 Å². The Hall–Kier alpha value is -1.07. The predicted octanol–water partition coefficient (Wildman–Crippen LogP) is -0.711. The summed E-state index contributed by atoms with van der Waals surface area (Å²) < 4.78 is 0. The number of nitrogens with two attached hydrogens (primary N) is 3. The standard InChI is InChI=1S/C4H7NO.C3H8N2O.ClH/c1-3(2)4(5)6;1-2(4)3(5)6;/h1H2,2H3,(H2,5,6);2H,4H2,1H3,(H2,5,6);1H. The van der Waals surface area contributed by atoms with E-state index in [4.69, 9.17) is 11.5 Å². The zero-order valence-corrected chi connectivity index (χ0v) is 8.56. The van der Waals surface area contributed by atoms with E-state index in [1.165, 1.54) is 0 Å². The van der Waals surface area contributed by atoms with Crippen molar-refractivity contribution < 1.29 is 9.59 Å². The maximum absolute atomic E-state index is 9.82. The summed E-state index contributed by atoms with van der Waals surface area (Å²) in [7, 11) is 0. The average Bonchev–Trinajstić information content (AvgIpc) is 1.88. The van der Waals surface area contributed by atoms with Gasteiger partial charge in [-0.2, -0.15) is 0 Å². The molecule has 0 aromatic rings. The topological polar surface area (TPSA) is 112 Å². The van der Waals surface area contributed by atoms with Crippen LogP contribution >= 0.6 is 12.4 Å². The molecule has 0 radical (unpaired) electrons. The van der Waals surface area contributed by atoms with Gasteiger partial charge in [0.1, 0.15) is 0 Å². The van der Waals surface area contributed by atoms with Crippen molar-refractivity contribution in [1.29, 1.82) is 0 Å². The zero-order chi connectivity index (χ0) is 10.3. The van der Waals surface area contributed by atoms with Gasteiger partial charge in [0.05, 0.1) is 6.04 Å². The molecule has 0 aromatic carbocycles. The van der Waals surface area contributed by atoms with Gasteiger partial charge in [0, 0.05) is 5.57 Å². The monoisotopic (exact) mass is 209 g/mol. The molecule has 1 unspecified atom stereocenters. The zero-order valence-electron chi connectivity index (χ0n) is 7.74. The lowest BCUT2D eigenvalue weighted by atomic mass is 10.3. The Morgan fingerprint density at radius 1 is 1.31 bits per heavy atom. The number of primary amides is 2. The molecule has 0 saturated heterocycles. The molecule has 0 heterocycles. The van der Waals surface area contributed by atoms with Crippen LogP contribution in [0.3, 0.4) is 0 Å². The molecule has 5 nitrogen and oxygen atoms in total. The quantitative estimate of drug-likeness (QED) is 0.522. The van der Waals surface area contributed by atoms with E-state index in [1.807, 2.05) is 0 Å². The van der Waals surface area contributed by atoms with Crippen LogP contribution in [-0.2, 0) is 9.59 Å². The molecule has 0 fully saturated rings. The molecule has 0 rings (SSSR count). The lowest BCUT2D eigenvalue weighted by molar-refractivity contribution is -0.119. The minimum Gasteiger partial charge on any atom is -0.368 e. The molecule has 0 bridgehead atoms. The Kier molecular flexibility index (Phi) is 12.4. The molecule has 2 amide bonds. The number of rotatable bonds is 2. The van der Waals surface area contributed by atoms with Gasteiger partial charge in [-0.3, -0.25) is 9.59 Å². The van der Waals surface area contributed by atoms with Crippen molar-refractivity contribution in [3.63, 3.8) is 0 Å². The second-order valence-electron chi connectivity index (χ2n) is 2.34. The Balaban J connectivity index is -0.000000143. The molecule has 0 aliphatic carbocycles. The van der Waals surface area contributed by atoms with Crippen molar-refractivity contribution in [3.05, 3.63) is 12.2 Å². The van der Waals surface area contributed by atoms with Gasteiger partial charge in [0.15, 0.2) is 0 Å². The highest BCUT2D eigenvalue weighted by Gasteiger charge is 1.96. The molecule has 1 atom stereocenters. The fourth-order valence-electron chi connectivity index (χ4n) is 0. The fourth-order valence-corrected chi connectivity index (χ4v) is 0. The second kappa shape index (κ2) is 9.02. The molecule has 6 heteroatoms. The summed E-state index contributed by atoms with van der Waals surface area (Å²) in [5, 5.41) is 0. The van der Waals surface area contributed by atoms with Crippen LogP contribution in [-0.4, -0.2) is 17.9 Å². The normalized spacial score (nSPS) is 9.77. The van der Waals surface area contributed by atoms with Crippen molar-refractivity contribution in [2.75, 3.05) is 0 Å². The molecule has 0 aliphatic rings. The van der Waals surface area contributed by atoms with Gasteiger partial charge in [-0.05, 0) is 13.8 Å². The highest BCUT2D eigenvalue weighted by molar-refractivity contribution is 5.90. The van der Waals surface area contributed by atoms with Gasteiger partial charge in [0.25, 0.3) is 0 Å². The third-order valence-corrected chi connectivity index (χ3v) is 0.869. The Labute approximate surface area is 83.7 Å². The summed E-state index contributed by atoms with van der Waals surface area (Å²) in [6.07, 6.45) is 0. The van der Waals surface area contributed by atoms with E-state index in [0.717, 1.165) is 0 Å². The minimum atomic E-state index is -0.509. The first kappa shape index (κ1) is 17.9. The maximum Gasteiger partial charge on any atom is 0.243 e. The third kappa shape index (κ3) is 18.1. The summed E-state index contributed by atoms with van der Waals surface area (Å²) in [4.78, 5) is 19.6. The van der Waals surface area contributed by atoms with Gasteiger partial charge in [-0.1, -0.05) is 6.58 Å². The van der Waals surface area contributed by atoms with Gasteiger partial charge in [-0.25, -0.2) is 0 Å². The van der Waals surface area contributed by atoms with Crippen LogP contribution in [0.5, 0.6) is 0 Å². The van der Waals surface area contributed by atoms with E-state index in [0.29, 0.717) is 5.57 Å². The first-order chi connectivity index (χ1) is 5.29. The van der Waals surface area contributed by atoms with Gasteiger partial charge in [-0.15, -0.1) is 12.4 Å². The van der Waals surface area contributed by atoms with E-state index >= 15 is 0 Å². The SMILES string of the molecule is C=C(C)C(N)=O.CC(N)C(N)=O.Cl. The molecular weight excluding hydrogens is 194 g/mol. The number of carbonyl (C=O) groups excluding carboxylic acids is 2. The third-order valence-electron chi connectivity index (χ3n) is 0.869. The molecule has 0 spiro atoms. The highest BCUT2D eigenvalue weighted by Crippen LogP contribution is 1.78. The van der Waals surface area contributed by atoms with Crippen molar-refractivity contribution in [2.45, 2.75) is 19.9 Å². The molecule has 0 aliphatic heterocycles. The molecule has 0 saturated carbocycles. The van der Waals surface area contributed by atoms with Gasteiger partial charge < -0.3 is 17.2 Å². The summed E-state index contributed by atoms with van der Waals surface area (Å²) in [6, 6.07) is -0.509. The molecule has 6 N–H and O–H groups in total. The Morgan fingerprint density at radius 3 is 1.46 bits per heavy atom. The van der Waals surface area contributed by atoms with Crippen LogP contribution in [0.4, 0.5) is 0 Å². The smallest absolute Gasteiger partial charge is 0.243 e. The van der Waals surface area contributed by atoms with E-state index in [2.05, 4.69) is 12.3 Å². The number of hydrogen-bond donors (Lipinski definition) is 3. The van der Waals surface area contributed by atoms with Gasteiger partial charge >= 0.3 is 0 Å². The lowest BCUT2D eigenvalue weighted by Gasteiger charge is -1.91. The molecule has 13 heavy (non-hydrogen) atoms. The summed E-state index contributed by atoms with van der Waals surface area (Å²) in [6.45, 7) is 6.40. The van der Waals surface area contributed by atoms with Crippen LogP contribution in [0.25, 0.3) is 0 Å². The van der Waals surface area contributed by atoms with Crippen LogP contribution < -0.4 is 17.2 Å². The number of halogens is 1. The first-order valence-electron chi connectivity index (χ1n) is 3.29. The van der Waals surface area contributed by atoms with Crippen LogP contribution in [0.1, 0.15) is 13.8 Å². The van der Waals surface area contributed by atoms with Crippen molar-refractivity contribution >= 4 is 24.2 Å². The molecule has 0 aromatic heterocycles. The largest absolute Gasteiger partial charge is 0.368 e. The second-order valence-corrected chi connectivity index (χ2v) is 2.34. The van der Waals surface area contributed by atoms with Crippen LogP contribution in [0.15, 0.2) is 12.2 Å². The predicted molar refractivity (Wildman–Crippen MR) is 54.1 cm³/mol. The number of carbonyl (C=O) groups is 2. The number of amides is 2. The Morgan fingerprint density at radius 2 is 1.46 bits per heavy atom. The maximum atomic E-state index is 9.82. The van der Waals surface area contributed by atoms with E-state index in [1.54, 1.807) is 13.8 Å². The van der Waals surface area contributed by atoms with E-state index in [9.17, 15) is 9.59 Å².